The van der Waals surface area contributed by atoms with Gasteiger partial charge in [-0.2, -0.15) is 0 Å². The van der Waals surface area contributed by atoms with Crippen molar-refractivity contribution < 1.29 is 29.7 Å². The fourth-order valence-electron chi connectivity index (χ4n) is 2.02. The van der Waals surface area contributed by atoms with E-state index in [0.717, 1.165) is 38.6 Å². The van der Waals surface area contributed by atoms with Gasteiger partial charge in [-0.15, -0.1) is 0 Å². The SMILES string of the molecule is CC[C@H](C)[C@H](N)C(=O)O.NCCCC[C@H](N)C(=O)O.O=C(O)[C@@H]1CCCN1. The molecule has 0 bridgehead atoms. The second-order valence-electron chi connectivity index (χ2n) is 6.47. The maximum absolute atomic E-state index is 10.2. The molecular weight excluding hydrogens is 356 g/mol. The number of nitrogens with two attached hydrogens (primary N) is 3. The number of carbonyl (C=O) groups is 3. The van der Waals surface area contributed by atoms with E-state index in [1.807, 2.05) is 13.8 Å². The highest BCUT2D eigenvalue weighted by atomic mass is 16.4. The van der Waals surface area contributed by atoms with Crippen molar-refractivity contribution in [3.63, 3.8) is 0 Å². The summed E-state index contributed by atoms with van der Waals surface area (Å²) in [4.78, 5) is 30.5. The Balaban J connectivity index is 0. The van der Waals surface area contributed by atoms with E-state index in [1.54, 1.807) is 0 Å². The van der Waals surface area contributed by atoms with Crippen LogP contribution in [0.5, 0.6) is 0 Å². The first-order valence-corrected chi connectivity index (χ1v) is 9.21. The lowest BCUT2D eigenvalue weighted by atomic mass is 10.0. The highest BCUT2D eigenvalue weighted by Gasteiger charge is 2.20. The number of hydrogen-bond acceptors (Lipinski definition) is 7. The molecule has 10 N–H and O–H groups in total. The molecule has 0 aromatic rings. The molecule has 1 rings (SSSR count). The molecule has 1 fully saturated rings. The number of unbranched alkanes of at least 4 members (excludes halogenated alkanes) is 1. The van der Waals surface area contributed by atoms with Gasteiger partial charge in [-0.05, 0) is 44.7 Å². The van der Waals surface area contributed by atoms with Gasteiger partial charge in [-0.25, -0.2) is 0 Å². The minimum absolute atomic E-state index is 0.0718. The van der Waals surface area contributed by atoms with Gasteiger partial charge in [0.25, 0.3) is 0 Å². The summed E-state index contributed by atoms with van der Waals surface area (Å²) in [5, 5.41) is 27.9. The van der Waals surface area contributed by atoms with E-state index in [-0.39, 0.29) is 12.0 Å². The van der Waals surface area contributed by atoms with Crippen LogP contribution in [0.25, 0.3) is 0 Å². The largest absolute Gasteiger partial charge is 0.480 e. The number of rotatable bonds is 9. The van der Waals surface area contributed by atoms with Crippen molar-refractivity contribution >= 4 is 17.9 Å². The number of carboxylic acids is 3. The molecule has 0 aliphatic carbocycles. The Hall–Kier alpha value is -1.75. The van der Waals surface area contributed by atoms with E-state index in [2.05, 4.69) is 5.32 Å². The van der Waals surface area contributed by atoms with Crippen LogP contribution in [0.3, 0.4) is 0 Å². The average molecular weight is 392 g/mol. The van der Waals surface area contributed by atoms with Crippen LogP contribution in [-0.2, 0) is 14.4 Å². The first-order chi connectivity index (χ1) is 12.6. The summed E-state index contributed by atoms with van der Waals surface area (Å²) in [6, 6.07) is -1.68. The molecule has 1 saturated heterocycles. The Kier molecular flexibility index (Phi) is 16.7. The van der Waals surface area contributed by atoms with Crippen molar-refractivity contribution in [2.45, 2.75) is 70.5 Å². The molecule has 0 aromatic heterocycles. The fraction of sp³-hybridized carbons (Fsp3) is 0.824. The van der Waals surface area contributed by atoms with Crippen molar-refractivity contribution in [1.82, 2.24) is 5.32 Å². The average Bonchev–Trinajstić information content (AvgIpc) is 3.16. The lowest BCUT2D eigenvalue weighted by Crippen LogP contribution is -2.36. The van der Waals surface area contributed by atoms with Crippen LogP contribution in [-0.4, -0.2) is 64.4 Å². The monoisotopic (exact) mass is 392 g/mol. The summed E-state index contributed by atoms with van der Waals surface area (Å²) < 4.78 is 0. The molecule has 10 nitrogen and oxygen atoms in total. The molecule has 1 heterocycles. The Labute approximate surface area is 160 Å². The normalized spacial score (nSPS) is 18.8. The van der Waals surface area contributed by atoms with Gasteiger partial charge in [0.15, 0.2) is 0 Å². The molecule has 0 amide bonds. The predicted molar refractivity (Wildman–Crippen MR) is 102 cm³/mol. The first kappa shape index (κ1) is 27.5. The number of carboxylic acid groups (broad SMARTS) is 3. The van der Waals surface area contributed by atoms with Crippen molar-refractivity contribution in [3.05, 3.63) is 0 Å². The van der Waals surface area contributed by atoms with Crippen LogP contribution in [0.15, 0.2) is 0 Å². The van der Waals surface area contributed by atoms with Gasteiger partial charge in [-0.3, -0.25) is 14.4 Å². The van der Waals surface area contributed by atoms with Gasteiger partial charge in [0.05, 0.1) is 0 Å². The van der Waals surface area contributed by atoms with Gasteiger partial charge in [0, 0.05) is 0 Å². The van der Waals surface area contributed by atoms with E-state index in [0.29, 0.717) is 13.0 Å². The van der Waals surface area contributed by atoms with E-state index >= 15 is 0 Å². The molecule has 0 spiro atoms. The number of nitrogens with one attached hydrogen (secondary N) is 1. The number of hydrogen-bond donors (Lipinski definition) is 7. The molecule has 1 aliphatic heterocycles. The van der Waals surface area contributed by atoms with Crippen LogP contribution in [0.1, 0.15) is 52.4 Å². The Morgan fingerprint density at radius 3 is 1.96 bits per heavy atom. The third-order valence-electron chi connectivity index (χ3n) is 4.19. The molecular formula is C17H36N4O6. The van der Waals surface area contributed by atoms with E-state index in [9.17, 15) is 14.4 Å². The highest BCUT2D eigenvalue weighted by molar-refractivity contribution is 5.74. The zero-order valence-electron chi connectivity index (χ0n) is 16.3. The molecule has 0 saturated carbocycles. The standard InChI is InChI=1S/C6H14N2O2.C6H13NO2.C5H9NO2/c7-4-2-1-3-5(8)6(9)10;1-3-4(2)5(7)6(8)9;7-5(8)4-2-1-3-6-4/h5H,1-4,7-8H2,(H,9,10);4-5H,3,7H2,1-2H3,(H,8,9);4,6H,1-3H2,(H,7,8)/t5-;4-,5-;4-/m000/s1. The maximum Gasteiger partial charge on any atom is 0.320 e. The second kappa shape index (κ2) is 16.4. The fourth-order valence-corrected chi connectivity index (χ4v) is 2.02. The predicted octanol–water partition coefficient (Wildman–Crippen LogP) is -0.205. The molecule has 0 unspecified atom stereocenters. The van der Waals surface area contributed by atoms with Crippen molar-refractivity contribution in [3.8, 4) is 0 Å². The van der Waals surface area contributed by atoms with E-state index in [1.165, 1.54) is 0 Å². The minimum Gasteiger partial charge on any atom is -0.480 e. The topological polar surface area (TPSA) is 202 Å². The van der Waals surface area contributed by atoms with Crippen molar-refractivity contribution in [1.29, 1.82) is 0 Å². The summed E-state index contributed by atoms with van der Waals surface area (Å²) >= 11 is 0. The minimum atomic E-state index is -0.933. The lowest BCUT2D eigenvalue weighted by molar-refractivity contribution is -0.140. The van der Waals surface area contributed by atoms with Gasteiger partial charge in [-0.1, -0.05) is 26.7 Å². The van der Waals surface area contributed by atoms with Crippen LogP contribution in [0.2, 0.25) is 0 Å². The molecule has 0 radical (unpaired) electrons. The van der Waals surface area contributed by atoms with Gasteiger partial charge in [0.1, 0.15) is 18.1 Å². The first-order valence-electron chi connectivity index (χ1n) is 9.21. The van der Waals surface area contributed by atoms with Crippen LogP contribution < -0.4 is 22.5 Å². The van der Waals surface area contributed by atoms with Crippen molar-refractivity contribution in [2.75, 3.05) is 13.1 Å². The lowest BCUT2D eigenvalue weighted by Gasteiger charge is -2.11. The highest BCUT2D eigenvalue weighted by Crippen LogP contribution is 2.04. The zero-order valence-corrected chi connectivity index (χ0v) is 16.3. The summed E-state index contributed by atoms with van der Waals surface area (Å²) in [6.07, 6.45) is 4.76. The summed E-state index contributed by atoms with van der Waals surface area (Å²) in [5.74, 6) is -2.49. The second-order valence-corrected chi connectivity index (χ2v) is 6.47. The van der Waals surface area contributed by atoms with E-state index in [4.69, 9.17) is 32.5 Å². The smallest absolute Gasteiger partial charge is 0.320 e. The summed E-state index contributed by atoms with van der Waals surface area (Å²) in [7, 11) is 0. The Morgan fingerprint density at radius 2 is 1.70 bits per heavy atom. The third kappa shape index (κ3) is 15.0. The molecule has 27 heavy (non-hydrogen) atoms. The molecule has 1 aliphatic rings. The zero-order chi connectivity index (χ0) is 21.4. The van der Waals surface area contributed by atoms with Crippen LogP contribution in [0.4, 0.5) is 0 Å². The number of aliphatic carboxylic acids is 3. The van der Waals surface area contributed by atoms with E-state index < -0.39 is 30.0 Å². The van der Waals surface area contributed by atoms with Crippen LogP contribution >= 0.6 is 0 Å². The summed E-state index contributed by atoms with van der Waals surface area (Å²) in [5.41, 5.74) is 15.7. The molecule has 4 atom stereocenters. The Morgan fingerprint density at radius 1 is 1.11 bits per heavy atom. The summed E-state index contributed by atoms with van der Waals surface area (Å²) in [6.45, 7) is 5.22. The van der Waals surface area contributed by atoms with Crippen molar-refractivity contribution in [2.24, 2.45) is 23.1 Å². The van der Waals surface area contributed by atoms with Gasteiger partial charge < -0.3 is 37.8 Å². The maximum atomic E-state index is 10.2. The van der Waals surface area contributed by atoms with Gasteiger partial charge >= 0.3 is 17.9 Å². The Bertz CT molecular complexity index is 430. The quantitative estimate of drug-likeness (QED) is 0.257. The van der Waals surface area contributed by atoms with Gasteiger partial charge in [0.2, 0.25) is 0 Å². The molecule has 0 aromatic carbocycles. The third-order valence-corrected chi connectivity index (χ3v) is 4.19. The molecule has 10 heteroatoms. The molecule has 160 valence electrons. The van der Waals surface area contributed by atoms with Crippen LogP contribution in [0, 0.1) is 5.92 Å².